The minimum absolute atomic E-state index is 0.145. The lowest BCUT2D eigenvalue weighted by Crippen LogP contribution is -2.07. The van der Waals surface area contributed by atoms with Crippen LogP contribution < -0.4 is 5.32 Å². The Hall–Kier alpha value is -6.05. The molecule has 0 amide bonds. The van der Waals surface area contributed by atoms with Crippen molar-refractivity contribution in [3.8, 4) is 62.2 Å². The summed E-state index contributed by atoms with van der Waals surface area (Å²) in [5, 5.41) is 13.8. The normalized spacial score (nSPS) is 10.3. The molecule has 0 atom stereocenters. The first-order valence-corrected chi connectivity index (χ1v) is 17.8. The number of unbranched alkanes of at least 4 members (excludes halogenated alkanes) is 2. The molecule has 7 heteroatoms. The minimum Gasteiger partial charge on any atom is -0.507 e. The van der Waals surface area contributed by atoms with E-state index in [0.29, 0.717) is 34.4 Å². The second kappa shape index (κ2) is 20.7. The Morgan fingerprint density at radius 1 is 0.642 bits per heavy atom. The number of aldehydes is 1. The Morgan fingerprint density at radius 3 is 1.49 bits per heavy atom. The van der Waals surface area contributed by atoms with Gasteiger partial charge in [-0.2, -0.15) is 0 Å². The van der Waals surface area contributed by atoms with E-state index < -0.39 is 0 Å². The number of hydrogen-bond donors (Lipinski definition) is 2. The topological polar surface area (TPSA) is 105 Å². The monoisotopic (exact) mass is 704 g/mol. The summed E-state index contributed by atoms with van der Waals surface area (Å²) in [6, 6.07) is 42.4. The van der Waals surface area contributed by atoms with Crippen LogP contribution in [0.5, 0.6) is 5.75 Å². The van der Waals surface area contributed by atoms with E-state index in [1.807, 2.05) is 86.8 Å². The van der Waals surface area contributed by atoms with Gasteiger partial charge < -0.3 is 15.2 Å². The number of hydrogen-bond acceptors (Lipinski definition) is 7. The van der Waals surface area contributed by atoms with E-state index in [1.165, 1.54) is 12.8 Å². The highest BCUT2D eigenvalue weighted by atomic mass is 16.3. The summed E-state index contributed by atoms with van der Waals surface area (Å²) >= 11 is 0. The Labute approximate surface area is 313 Å². The number of phenols is 1. The van der Waals surface area contributed by atoms with Crippen LogP contribution in [-0.2, 0) is 9.59 Å². The van der Waals surface area contributed by atoms with Gasteiger partial charge in [0.1, 0.15) is 17.8 Å². The predicted molar refractivity (Wildman–Crippen MR) is 217 cm³/mol. The lowest BCUT2D eigenvalue weighted by Gasteiger charge is -2.11. The summed E-state index contributed by atoms with van der Waals surface area (Å²) in [4.78, 5) is 34.3. The molecular weight excluding hydrogens is 657 g/mol. The first-order chi connectivity index (χ1) is 25.7. The fraction of sp³-hybridized carbons (Fsp3) is 0.196. The third kappa shape index (κ3) is 12.6. The summed E-state index contributed by atoms with van der Waals surface area (Å²) in [5.74, 6) is 1.99. The predicted octanol–water partition coefficient (Wildman–Crippen LogP) is 10.3. The number of nitrogens with zero attached hydrogens (tertiary/aromatic N) is 3. The van der Waals surface area contributed by atoms with Gasteiger partial charge in [0.2, 0.25) is 0 Å². The molecule has 0 saturated heterocycles. The van der Waals surface area contributed by atoms with E-state index in [4.69, 9.17) is 15.0 Å². The zero-order valence-corrected chi connectivity index (χ0v) is 31.0. The van der Waals surface area contributed by atoms with Crippen LogP contribution in [0.3, 0.4) is 0 Å². The van der Waals surface area contributed by atoms with Crippen LogP contribution in [0, 0.1) is 6.92 Å². The summed E-state index contributed by atoms with van der Waals surface area (Å²) in [5.41, 5.74) is 8.41. The second-order valence-corrected chi connectivity index (χ2v) is 12.8. The van der Waals surface area contributed by atoms with Gasteiger partial charge in [0.15, 0.2) is 17.5 Å². The smallest absolute Gasteiger partial charge is 0.167 e. The number of rotatable bonds is 12. The van der Waals surface area contributed by atoms with Crippen LogP contribution in [0.15, 0.2) is 140 Å². The van der Waals surface area contributed by atoms with E-state index in [-0.39, 0.29) is 5.75 Å². The van der Waals surface area contributed by atoms with Gasteiger partial charge in [-0.25, -0.2) is 15.0 Å². The molecule has 0 aliphatic rings. The molecule has 6 rings (SSSR count). The van der Waals surface area contributed by atoms with Crippen LogP contribution in [0.2, 0.25) is 0 Å². The van der Waals surface area contributed by atoms with Crippen molar-refractivity contribution in [3.05, 3.63) is 145 Å². The number of allylic oxidation sites excluding steroid dienone is 1. The van der Waals surface area contributed by atoms with Crippen molar-refractivity contribution in [2.45, 2.75) is 46.5 Å². The minimum atomic E-state index is 0.145. The summed E-state index contributed by atoms with van der Waals surface area (Å²) in [6.45, 7) is 9.62. The molecule has 0 saturated carbocycles. The molecule has 1 heterocycles. The van der Waals surface area contributed by atoms with E-state index in [2.05, 4.69) is 60.4 Å². The number of ketones is 1. The molecule has 0 unspecified atom stereocenters. The van der Waals surface area contributed by atoms with Crippen LogP contribution >= 0.6 is 0 Å². The number of carbonyl (C=O) groups is 2. The van der Waals surface area contributed by atoms with Gasteiger partial charge in [-0.15, -0.1) is 0 Å². The van der Waals surface area contributed by atoms with Gasteiger partial charge in [0, 0.05) is 17.5 Å². The molecule has 1 aromatic heterocycles. The number of benzene rings is 5. The van der Waals surface area contributed by atoms with Crippen LogP contribution in [0.4, 0.5) is 0 Å². The SMILES string of the molecule is C=C(C)C=O.CNCCCCCC(C)=O.Cc1ccc(-c2nc(-c3ccc(-c4ccccc4)cc3)nc(-c3ccc(-c4ccccc4)cc3)n2)c(O)c1. The first-order valence-electron chi connectivity index (χ1n) is 17.8. The van der Waals surface area contributed by atoms with Crippen molar-refractivity contribution in [1.82, 2.24) is 20.3 Å². The van der Waals surface area contributed by atoms with Gasteiger partial charge in [-0.3, -0.25) is 4.79 Å². The highest BCUT2D eigenvalue weighted by Crippen LogP contribution is 2.32. The number of Topliss-reactive ketones (excluding diaryl/α,β-unsaturated/α-hetero) is 1. The molecule has 0 radical (unpaired) electrons. The second-order valence-electron chi connectivity index (χ2n) is 12.8. The zero-order chi connectivity index (χ0) is 38.0. The summed E-state index contributed by atoms with van der Waals surface area (Å²) in [7, 11) is 1.95. The van der Waals surface area contributed by atoms with E-state index in [1.54, 1.807) is 19.9 Å². The maximum atomic E-state index is 10.7. The third-order valence-electron chi connectivity index (χ3n) is 8.19. The number of phenolic OH excluding ortho intramolecular Hbond substituents is 1. The van der Waals surface area contributed by atoms with E-state index >= 15 is 0 Å². The lowest BCUT2D eigenvalue weighted by molar-refractivity contribution is -0.117. The molecule has 0 aliphatic carbocycles. The quantitative estimate of drug-likeness (QED) is 0.0742. The van der Waals surface area contributed by atoms with Crippen LogP contribution in [0.25, 0.3) is 56.4 Å². The highest BCUT2D eigenvalue weighted by molar-refractivity contribution is 5.75. The average Bonchev–Trinajstić information content (AvgIpc) is 3.19. The first kappa shape index (κ1) is 39.7. The molecule has 0 fully saturated rings. The van der Waals surface area contributed by atoms with Crippen molar-refractivity contribution in [1.29, 1.82) is 0 Å². The largest absolute Gasteiger partial charge is 0.507 e. The van der Waals surface area contributed by atoms with Gasteiger partial charge in [-0.1, -0.05) is 128 Å². The number of carbonyl (C=O) groups excluding carboxylic acids is 2. The Balaban J connectivity index is 0.000000354. The standard InChI is InChI=1S/C34H25N3O.C8H17NO.C4H6O/c1-23-12-21-30(31(38)22-23)34-36-32(28-17-13-26(14-18-28)24-8-4-2-5-9-24)35-33(37-34)29-19-15-27(16-20-29)25-10-6-3-7-11-25;1-8(10)6-4-3-5-7-9-2;1-4(2)3-5/h2-22,38H,1H3;9H,3-7H2,1-2H3;3H,1H2,2H3. The fourth-order valence-electron chi connectivity index (χ4n) is 5.32. The summed E-state index contributed by atoms with van der Waals surface area (Å²) in [6.07, 6.45) is 4.88. The average molecular weight is 705 g/mol. The molecule has 7 nitrogen and oxygen atoms in total. The number of aryl methyl sites for hydroxylation is 1. The molecule has 5 aromatic carbocycles. The number of nitrogens with one attached hydrogen (secondary N) is 1. The Kier molecular flexibility index (Phi) is 15.5. The van der Waals surface area contributed by atoms with E-state index in [9.17, 15) is 14.7 Å². The van der Waals surface area contributed by atoms with E-state index in [0.717, 1.165) is 64.6 Å². The zero-order valence-electron chi connectivity index (χ0n) is 31.0. The molecule has 0 spiro atoms. The van der Waals surface area contributed by atoms with Crippen LogP contribution in [0.1, 0.15) is 45.1 Å². The van der Waals surface area contributed by atoms with Crippen molar-refractivity contribution in [3.63, 3.8) is 0 Å². The molecule has 53 heavy (non-hydrogen) atoms. The van der Waals surface area contributed by atoms with Gasteiger partial charge in [0.05, 0.1) is 5.56 Å². The van der Waals surface area contributed by atoms with Crippen molar-refractivity contribution in [2.75, 3.05) is 13.6 Å². The lowest BCUT2D eigenvalue weighted by atomic mass is 10.0. The summed E-state index contributed by atoms with van der Waals surface area (Å²) < 4.78 is 0. The molecular formula is C46H48N4O3. The molecule has 0 aliphatic heterocycles. The molecule has 2 N–H and O–H groups in total. The van der Waals surface area contributed by atoms with Crippen molar-refractivity contribution in [2.24, 2.45) is 0 Å². The van der Waals surface area contributed by atoms with Gasteiger partial charge in [0.25, 0.3) is 0 Å². The Morgan fingerprint density at radius 2 is 1.08 bits per heavy atom. The maximum absolute atomic E-state index is 10.7. The van der Waals surface area contributed by atoms with Crippen molar-refractivity contribution < 1.29 is 14.7 Å². The van der Waals surface area contributed by atoms with Gasteiger partial charge >= 0.3 is 0 Å². The molecule has 6 aromatic rings. The van der Waals surface area contributed by atoms with Crippen molar-refractivity contribution >= 4 is 12.1 Å². The van der Waals surface area contributed by atoms with Gasteiger partial charge in [-0.05, 0) is 92.7 Å². The maximum Gasteiger partial charge on any atom is 0.167 e. The number of aromatic nitrogens is 3. The Bertz CT molecular complexity index is 1960. The number of aromatic hydroxyl groups is 1. The van der Waals surface area contributed by atoms with Crippen LogP contribution in [-0.4, -0.2) is 45.7 Å². The third-order valence-corrected chi connectivity index (χ3v) is 8.19. The molecule has 0 bridgehead atoms. The molecule has 270 valence electrons. The highest BCUT2D eigenvalue weighted by Gasteiger charge is 2.15. The fourth-order valence-corrected chi connectivity index (χ4v) is 5.32.